The molecule has 1 aromatic rings. The lowest BCUT2D eigenvalue weighted by molar-refractivity contribution is 0.0917. The standard InChI is InChI=1S/C16H25N3O2/c1-11(2)21-15-5-4-12(10-14(15)17)16(20)18-13-6-8-19(3)9-7-13/h4-5,10-11,13H,6-9,17H2,1-3H3,(H,18,20). The Morgan fingerprint density at radius 1 is 1.38 bits per heavy atom. The Bertz CT molecular complexity index is 494. The van der Waals surface area contributed by atoms with E-state index in [2.05, 4.69) is 17.3 Å². The number of nitrogens with two attached hydrogens (primary N) is 1. The molecule has 1 fully saturated rings. The number of nitrogen functional groups attached to an aromatic ring is 1. The molecule has 116 valence electrons. The number of hydrogen-bond donors (Lipinski definition) is 2. The second-order valence-corrected chi connectivity index (χ2v) is 5.97. The zero-order valence-corrected chi connectivity index (χ0v) is 13.1. The third kappa shape index (κ3) is 4.36. The first-order valence-corrected chi connectivity index (χ1v) is 7.51. The number of carbonyl (C=O) groups excluding carboxylic acids is 1. The van der Waals surface area contributed by atoms with E-state index in [9.17, 15) is 4.79 Å². The zero-order valence-electron chi connectivity index (χ0n) is 13.1. The van der Waals surface area contributed by atoms with Crippen molar-refractivity contribution < 1.29 is 9.53 Å². The molecule has 1 amide bonds. The largest absolute Gasteiger partial charge is 0.489 e. The number of anilines is 1. The van der Waals surface area contributed by atoms with Gasteiger partial charge in [0.25, 0.3) is 5.91 Å². The fraction of sp³-hybridized carbons (Fsp3) is 0.562. The molecule has 1 aromatic carbocycles. The molecule has 5 heteroatoms. The Balaban J connectivity index is 1.98. The van der Waals surface area contributed by atoms with Crippen LogP contribution >= 0.6 is 0 Å². The molecule has 0 aliphatic carbocycles. The summed E-state index contributed by atoms with van der Waals surface area (Å²) in [5.41, 5.74) is 7.03. The highest BCUT2D eigenvalue weighted by atomic mass is 16.5. The van der Waals surface area contributed by atoms with E-state index in [1.807, 2.05) is 13.8 Å². The summed E-state index contributed by atoms with van der Waals surface area (Å²) in [4.78, 5) is 14.5. The second-order valence-electron chi connectivity index (χ2n) is 5.97. The van der Waals surface area contributed by atoms with E-state index in [0.717, 1.165) is 25.9 Å². The number of piperidine rings is 1. The molecule has 2 rings (SSSR count). The van der Waals surface area contributed by atoms with Crippen molar-refractivity contribution in [2.75, 3.05) is 25.9 Å². The van der Waals surface area contributed by atoms with Gasteiger partial charge in [-0.3, -0.25) is 4.79 Å². The lowest BCUT2D eigenvalue weighted by Gasteiger charge is -2.29. The molecule has 0 unspecified atom stereocenters. The lowest BCUT2D eigenvalue weighted by Crippen LogP contribution is -2.43. The first-order valence-electron chi connectivity index (χ1n) is 7.51. The number of rotatable bonds is 4. The molecular weight excluding hydrogens is 266 g/mol. The van der Waals surface area contributed by atoms with Crippen LogP contribution in [0.5, 0.6) is 5.75 Å². The summed E-state index contributed by atoms with van der Waals surface area (Å²) in [6.45, 7) is 5.93. The Morgan fingerprint density at radius 2 is 2.05 bits per heavy atom. The van der Waals surface area contributed by atoms with Gasteiger partial charge in [-0.05, 0) is 65.0 Å². The third-order valence-corrected chi connectivity index (χ3v) is 3.69. The maximum absolute atomic E-state index is 12.3. The van der Waals surface area contributed by atoms with E-state index in [-0.39, 0.29) is 18.1 Å². The van der Waals surface area contributed by atoms with Gasteiger partial charge in [0, 0.05) is 11.6 Å². The fourth-order valence-electron chi connectivity index (χ4n) is 2.47. The molecule has 1 aliphatic rings. The Hall–Kier alpha value is -1.75. The van der Waals surface area contributed by atoms with Gasteiger partial charge in [0.05, 0.1) is 11.8 Å². The average molecular weight is 291 g/mol. The highest BCUT2D eigenvalue weighted by molar-refractivity contribution is 5.95. The van der Waals surface area contributed by atoms with Crippen molar-refractivity contribution >= 4 is 11.6 Å². The minimum atomic E-state index is -0.0626. The molecule has 0 aromatic heterocycles. The van der Waals surface area contributed by atoms with E-state index >= 15 is 0 Å². The predicted molar refractivity (Wildman–Crippen MR) is 84.6 cm³/mol. The molecule has 0 bridgehead atoms. The van der Waals surface area contributed by atoms with Crippen LogP contribution in [-0.4, -0.2) is 43.1 Å². The number of carbonyl (C=O) groups is 1. The number of hydrogen-bond acceptors (Lipinski definition) is 4. The van der Waals surface area contributed by atoms with Crippen molar-refractivity contribution in [3.05, 3.63) is 23.8 Å². The van der Waals surface area contributed by atoms with Crippen LogP contribution in [0, 0.1) is 0 Å². The fourth-order valence-corrected chi connectivity index (χ4v) is 2.47. The molecule has 5 nitrogen and oxygen atoms in total. The highest BCUT2D eigenvalue weighted by Gasteiger charge is 2.19. The van der Waals surface area contributed by atoms with Crippen LogP contribution < -0.4 is 15.8 Å². The summed E-state index contributed by atoms with van der Waals surface area (Å²) in [5.74, 6) is 0.563. The number of amides is 1. The van der Waals surface area contributed by atoms with E-state index in [1.165, 1.54) is 0 Å². The summed E-state index contributed by atoms with van der Waals surface area (Å²) >= 11 is 0. The van der Waals surface area contributed by atoms with Crippen LogP contribution in [0.15, 0.2) is 18.2 Å². The summed E-state index contributed by atoms with van der Waals surface area (Å²) < 4.78 is 5.58. The van der Waals surface area contributed by atoms with Crippen LogP contribution in [0.1, 0.15) is 37.0 Å². The average Bonchev–Trinajstić information content (AvgIpc) is 2.43. The molecule has 1 saturated heterocycles. The van der Waals surface area contributed by atoms with Crippen LogP contribution in [-0.2, 0) is 0 Å². The van der Waals surface area contributed by atoms with Crippen molar-refractivity contribution in [3.63, 3.8) is 0 Å². The van der Waals surface area contributed by atoms with E-state index in [0.29, 0.717) is 17.0 Å². The van der Waals surface area contributed by atoms with Gasteiger partial charge in [-0.15, -0.1) is 0 Å². The highest BCUT2D eigenvalue weighted by Crippen LogP contribution is 2.23. The molecule has 0 atom stereocenters. The van der Waals surface area contributed by atoms with E-state index in [4.69, 9.17) is 10.5 Å². The summed E-state index contributed by atoms with van der Waals surface area (Å²) in [6, 6.07) is 5.46. The minimum Gasteiger partial charge on any atom is -0.489 e. The van der Waals surface area contributed by atoms with Gasteiger partial charge in [-0.25, -0.2) is 0 Å². The van der Waals surface area contributed by atoms with Crippen LogP contribution in [0.3, 0.4) is 0 Å². The summed E-state index contributed by atoms with van der Waals surface area (Å²) in [7, 11) is 2.10. The van der Waals surface area contributed by atoms with Crippen molar-refractivity contribution in [1.29, 1.82) is 0 Å². The quantitative estimate of drug-likeness (QED) is 0.831. The van der Waals surface area contributed by atoms with Crippen LogP contribution in [0.2, 0.25) is 0 Å². The first-order chi connectivity index (χ1) is 9.95. The summed E-state index contributed by atoms with van der Waals surface area (Å²) in [6.07, 6.45) is 2.05. The molecular formula is C16H25N3O2. The van der Waals surface area contributed by atoms with Gasteiger partial charge in [0.1, 0.15) is 5.75 Å². The van der Waals surface area contributed by atoms with Gasteiger partial charge in [-0.2, -0.15) is 0 Å². The number of likely N-dealkylation sites (tertiary alicyclic amines) is 1. The zero-order chi connectivity index (χ0) is 15.4. The molecule has 21 heavy (non-hydrogen) atoms. The maximum atomic E-state index is 12.3. The monoisotopic (exact) mass is 291 g/mol. The van der Waals surface area contributed by atoms with E-state index in [1.54, 1.807) is 18.2 Å². The predicted octanol–water partition coefficient (Wildman–Crippen LogP) is 1.88. The lowest BCUT2D eigenvalue weighted by atomic mass is 10.0. The van der Waals surface area contributed by atoms with Crippen LogP contribution in [0.4, 0.5) is 5.69 Å². The molecule has 3 N–H and O–H groups in total. The second kappa shape index (κ2) is 6.80. The van der Waals surface area contributed by atoms with Crippen molar-refractivity contribution in [3.8, 4) is 5.75 Å². The van der Waals surface area contributed by atoms with Gasteiger partial charge in [0.15, 0.2) is 0 Å². The normalized spacial score (nSPS) is 17.0. The van der Waals surface area contributed by atoms with Gasteiger partial charge >= 0.3 is 0 Å². The van der Waals surface area contributed by atoms with Crippen molar-refractivity contribution in [2.45, 2.75) is 38.8 Å². The van der Waals surface area contributed by atoms with Crippen molar-refractivity contribution in [1.82, 2.24) is 10.2 Å². The summed E-state index contributed by atoms with van der Waals surface area (Å²) in [5, 5.41) is 3.08. The van der Waals surface area contributed by atoms with Gasteiger partial charge in [-0.1, -0.05) is 0 Å². The molecule has 0 spiro atoms. The van der Waals surface area contributed by atoms with Gasteiger partial charge in [0.2, 0.25) is 0 Å². The Morgan fingerprint density at radius 3 is 2.62 bits per heavy atom. The number of ether oxygens (including phenoxy) is 1. The topological polar surface area (TPSA) is 67.6 Å². The number of nitrogens with zero attached hydrogens (tertiary/aromatic N) is 1. The van der Waals surface area contributed by atoms with E-state index < -0.39 is 0 Å². The Labute approximate surface area is 126 Å². The first kappa shape index (κ1) is 15.6. The molecule has 0 radical (unpaired) electrons. The third-order valence-electron chi connectivity index (χ3n) is 3.69. The number of nitrogens with one attached hydrogen (secondary N) is 1. The van der Waals surface area contributed by atoms with Crippen LogP contribution in [0.25, 0.3) is 0 Å². The molecule has 1 aliphatic heterocycles. The van der Waals surface area contributed by atoms with Gasteiger partial charge < -0.3 is 20.7 Å². The number of benzene rings is 1. The smallest absolute Gasteiger partial charge is 0.251 e. The SMILES string of the molecule is CC(C)Oc1ccc(C(=O)NC2CCN(C)CC2)cc1N. The molecule has 0 saturated carbocycles. The molecule has 1 heterocycles. The minimum absolute atomic E-state index is 0.0613. The maximum Gasteiger partial charge on any atom is 0.251 e. The van der Waals surface area contributed by atoms with Crippen molar-refractivity contribution in [2.24, 2.45) is 0 Å². The Kier molecular flexibility index (Phi) is 5.07.